The Morgan fingerprint density at radius 2 is 1.95 bits per heavy atom. The SMILES string of the molecule is CNCCC1CCN(C(C(N)=O)c2ccccc2)CC1.Cl. The number of nitrogens with two attached hydrogens (primary N) is 1. The van der Waals surface area contributed by atoms with Crippen molar-refractivity contribution in [3.05, 3.63) is 35.9 Å². The van der Waals surface area contributed by atoms with Gasteiger partial charge >= 0.3 is 0 Å². The number of hydrogen-bond donors (Lipinski definition) is 2. The van der Waals surface area contributed by atoms with Gasteiger partial charge in [-0.25, -0.2) is 0 Å². The smallest absolute Gasteiger partial charge is 0.239 e. The fourth-order valence-electron chi connectivity index (χ4n) is 3.04. The van der Waals surface area contributed by atoms with Crippen LogP contribution in [0.15, 0.2) is 30.3 Å². The molecule has 1 heterocycles. The molecule has 5 heteroatoms. The molecular formula is C16H26ClN3O. The number of rotatable bonds is 6. The average molecular weight is 312 g/mol. The second kappa shape index (κ2) is 9.03. The number of nitrogens with one attached hydrogen (secondary N) is 1. The summed E-state index contributed by atoms with van der Waals surface area (Å²) in [6.45, 7) is 2.98. The van der Waals surface area contributed by atoms with E-state index in [9.17, 15) is 4.79 Å². The minimum atomic E-state index is -0.276. The highest BCUT2D eigenvalue weighted by Gasteiger charge is 2.29. The Bertz CT molecular complexity index is 419. The van der Waals surface area contributed by atoms with Gasteiger partial charge in [0.1, 0.15) is 6.04 Å². The molecule has 1 aliphatic heterocycles. The molecule has 0 aliphatic carbocycles. The van der Waals surface area contributed by atoms with Gasteiger partial charge in [0.15, 0.2) is 0 Å². The first-order chi connectivity index (χ1) is 9.72. The fraction of sp³-hybridized carbons (Fsp3) is 0.562. The van der Waals surface area contributed by atoms with Gasteiger partial charge in [-0.2, -0.15) is 0 Å². The summed E-state index contributed by atoms with van der Waals surface area (Å²) in [6, 6.07) is 9.59. The minimum Gasteiger partial charge on any atom is -0.368 e. The maximum absolute atomic E-state index is 11.8. The molecule has 1 atom stereocenters. The summed E-state index contributed by atoms with van der Waals surface area (Å²) in [5.74, 6) is 0.521. The van der Waals surface area contributed by atoms with Gasteiger partial charge in [0.2, 0.25) is 5.91 Å². The highest BCUT2D eigenvalue weighted by molar-refractivity contribution is 5.85. The summed E-state index contributed by atoms with van der Waals surface area (Å²) in [5, 5.41) is 3.21. The second-order valence-electron chi connectivity index (χ2n) is 5.59. The number of benzene rings is 1. The Morgan fingerprint density at radius 3 is 2.48 bits per heavy atom. The Morgan fingerprint density at radius 1 is 1.33 bits per heavy atom. The van der Waals surface area contributed by atoms with Crippen LogP contribution in [-0.2, 0) is 4.79 Å². The molecule has 0 spiro atoms. The number of carbonyl (C=O) groups excluding carboxylic acids is 1. The van der Waals surface area contributed by atoms with Crippen LogP contribution in [0.1, 0.15) is 30.9 Å². The molecule has 1 saturated heterocycles. The number of piperidine rings is 1. The first-order valence-corrected chi connectivity index (χ1v) is 7.45. The average Bonchev–Trinajstić information content (AvgIpc) is 2.47. The molecule has 4 nitrogen and oxygen atoms in total. The molecule has 21 heavy (non-hydrogen) atoms. The fourth-order valence-corrected chi connectivity index (χ4v) is 3.04. The van der Waals surface area contributed by atoms with E-state index in [-0.39, 0.29) is 24.4 Å². The highest BCUT2D eigenvalue weighted by Crippen LogP contribution is 2.27. The zero-order valence-electron chi connectivity index (χ0n) is 12.6. The van der Waals surface area contributed by atoms with Crippen molar-refractivity contribution in [3.63, 3.8) is 0 Å². The first kappa shape index (κ1) is 18.0. The lowest BCUT2D eigenvalue weighted by Crippen LogP contribution is -2.42. The third-order valence-corrected chi connectivity index (χ3v) is 4.20. The first-order valence-electron chi connectivity index (χ1n) is 7.45. The Kier molecular flexibility index (Phi) is 7.72. The van der Waals surface area contributed by atoms with E-state index in [1.54, 1.807) is 0 Å². The van der Waals surface area contributed by atoms with Gasteiger partial charge < -0.3 is 11.1 Å². The van der Waals surface area contributed by atoms with Gasteiger partial charge in [-0.3, -0.25) is 9.69 Å². The summed E-state index contributed by atoms with van der Waals surface area (Å²) in [4.78, 5) is 14.1. The van der Waals surface area contributed by atoms with E-state index in [2.05, 4.69) is 10.2 Å². The molecular weight excluding hydrogens is 286 g/mol. The number of halogens is 1. The highest BCUT2D eigenvalue weighted by atomic mass is 35.5. The molecule has 1 amide bonds. The quantitative estimate of drug-likeness (QED) is 0.844. The molecule has 1 aliphatic rings. The van der Waals surface area contributed by atoms with Crippen molar-refractivity contribution in [2.45, 2.75) is 25.3 Å². The lowest BCUT2D eigenvalue weighted by Gasteiger charge is -2.36. The molecule has 1 aromatic carbocycles. The van der Waals surface area contributed by atoms with Crippen molar-refractivity contribution in [2.75, 3.05) is 26.7 Å². The lowest BCUT2D eigenvalue weighted by molar-refractivity contribution is -0.124. The van der Waals surface area contributed by atoms with Crippen LogP contribution in [0, 0.1) is 5.92 Å². The van der Waals surface area contributed by atoms with E-state index in [1.165, 1.54) is 6.42 Å². The zero-order valence-corrected chi connectivity index (χ0v) is 13.4. The summed E-state index contributed by atoms with van der Waals surface area (Å²) >= 11 is 0. The van der Waals surface area contributed by atoms with Crippen molar-refractivity contribution in [1.29, 1.82) is 0 Å². The third-order valence-electron chi connectivity index (χ3n) is 4.20. The lowest BCUT2D eigenvalue weighted by atomic mass is 9.91. The van der Waals surface area contributed by atoms with Crippen LogP contribution in [0.3, 0.4) is 0 Å². The normalized spacial score (nSPS) is 18.0. The van der Waals surface area contributed by atoms with Crippen molar-refractivity contribution >= 4 is 18.3 Å². The van der Waals surface area contributed by atoms with Gasteiger partial charge in [0.05, 0.1) is 0 Å². The van der Waals surface area contributed by atoms with Crippen molar-refractivity contribution in [2.24, 2.45) is 11.7 Å². The number of amides is 1. The zero-order chi connectivity index (χ0) is 14.4. The predicted molar refractivity (Wildman–Crippen MR) is 88.5 cm³/mol. The Labute approximate surface area is 133 Å². The van der Waals surface area contributed by atoms with Crippen LogP contribution < -0.4 is 11.1 Å². The number of likely N-dealkylation sites (tertiary alicyclic amines) is 1. The van der Waals surface area contributed by atoms with Gasteiger partial charge in [0, 0.05) is 0 Å². The largest absolute Gasteiger partial charge is 0.368 e. The van der Waals surface area contributed by atoms with Crippen LogP contribution in [-0.4, -0.2) is 37.5 Å². The standard InChI is InChI=1S/C16H25N3O.ClH/c1-18-10-7-13-8-11-19(12-9-13)15(16(17)20)14-5-3-2-4-6-14;/h2-6,13,15,18H,7-12H2,1H3,(H2,17,20);1H. The topological polar surface area (TPSA) is 58.4 Å². The number of primary amides is 1. The Balaban J connectivity index is 0.00000220. The molecule has 3 N–H and O–H groups in total. The summed E-state index contributed by atoms with van der Waals surface area (Å²) in [6.07, 6.45) is 3.52. The monoisotopic (exact) mass is 311 g/mol. The van der Waals surface area contributed by atoms with E-state index >= 15 is 0 Å². The van der Waals surface area contributed by atoms with Crippen LogP contribution in [0.25, 0.3) is 0 Å². The van der Waals surface area contributed by atoms with Crippen LogP contribution in [0.5, 0.6) is 0 Å². The summed E-state index contributed by atoms with van der Waals surface area (Å²) < 4.78 is 0. The minimum absolute atomic E-state index is 0. The van der Waals surface area contributed by atoms with Crippen molar-refractivity contribution in [3.8, 4) is 0 Å². The third kappa shape index (κ3) is 4.99. The predicted octanol–water partition coefficient (Wildman–Crippen LogP) is 1.96. The van der Waals surface area contributed by atoms with Gasteiger partial charge in [-0.15, -0.1) is 12.4 Å². The molecule has 0 saturated carbocycles. The van der Waals surface area contributed by atoms with Gasteiger partial charge in [-0.1, -0.05) is 30.3 Å². The maximum atomic E-state index is 11.8. The number of hydrogen-bond acceptors (Lipinski definition) is 3. The molecule has 2 rings (SSSR count). The molecule has 118 valence electrons. The Hall–Kier alpha value is -1.10. The molecule has 1 fully saturated rings. The van der Waals surface area contributed by atoms with Gasteiger partial charge in [-0.05, 0) is 57.4 Å². The maximum Gasteiger partial charge on any atom is 0.239 e. The van der Waals surface area contributed by atoms with E-state index in [0.29, 0.717) is 0 Å². The van der Waals surface area contributed by atoms with E-state index in [4.69, 9.17) is 5.73 Å². The second-order valence-corrected chi connectivity index (χ2v) is 5.59. The van der Waals surface area contributed by atoms with Crippen LogP contribution in [0.4, 0.5) is 0 Å². The van der Waals surface area contributed by atoms with E-state index in [0.717, 1.165) is 44.0 Å². The molecule has 0 bridgehead atoms. The van der Waals surface area contributed by atoms with Crippen molar-refractivity contribution in [1.82, 2.24) is 10.2 Å². The van der Waals surface area contributed by atoms with Crippen LogP contribution in [0.2, 0.25) is 0 Å². The van der Waals surface area contributed by atoms with Gasteiger partial charge in [0.25, 0.3) is 0 Å². The van der Waals surface area contributed by atoms with E-state index < -0.39 is 0 Å². The number of nitrogens with zero attached hydrogens (tertiary/aromatic N) is 1. The molecule has 0 radical (unpaired) electrons. The molecule has 1 unspecified atom stereocenters. The summed E-state index contributed by atoms with van der Waals surface area (Å²) in [7, 11) is 1.99. The van der Waals surface area contributed by atoms with E-state index in [1.807, 2.05) is 37.4 Å². The molecule has 0 aromatic heterocycles. The summed E-state index contributed by atoms with van der Waals surface area (Å²) in [5.41, 5.74) is 6.63. The van der Waals surface area contributed by atoms with Crippen LogP contribution >= 0.6 is 12.4 Å². The molecule has 1 aromatic rings. The number of carbonyl (C=O) groups is 1. The van der Waals surface area contributed by atoms with Crippen molar-refractivity contribution < 1.29 is 4.79 Å².